The summed E-state index contributed by atoms with van der Waals surface area (Å²) in [5, 5.41) is 3.08. The largest absolute Gasteiger partial charge is 0.493 e. The summed E-state index contributed by atoms with van der Waals surface area (Å²) >= 11 is 0. The quantitative estimate of drug-likeness (QED) is 0.788. The Hall–Kier alpha value is -1.46. The number of carbonyl (C=O) groups is 1. The van der Waals surface area contributed by atoms with Gasteiger partial charge in [0.1, 0.15) is 0 Å². The third kappa shape index (κ3) is 5.27. The minimum absolute atomic E-state index is 0. The Morgan fingerprint density at radius 2 is 1.96 bits per heavy atom. The maximum Gasteiger partial charge on any atom is 0.223 e. The Balaban J connectivity index is 0.00000243. The van der Waals surface area contributed by atoms with Gasteiger partial charge >= 0.3 is 0 Å². The lowest BCUT2D eigenvalue weighted by Gasteiger charge is -2.26. The first-order valence-corrected chi connectivity index (χ1v) is 9.53. The van der Waals surface area contributed by atoms with E-state index in [0.717, 1.165) is 55.6 Å². The third-order valence-corrected chi connectivity index (χ3v) is 5.41. The van der Waals surface area contributed by atoms with E-state index in [2.05, 4.69) is 5.32 Å². The van der Waals surface area contributed by atoms with Gasteiger partial charge in [0.15, 0.2) is 11.5 Å². The van der Waals surface area contributed by atoms with Crippen LogP contribution in [0.1, 0.15) is 56.9 Å². The van der Waals surface area contributed by atoms with E-state index in [9.17, 15) is 4.79 Å². The van der Waals surface area contributed by atoms with Gasteiger partial charge in [-0.2, -0.15) is 0 Å². The molecule has 0 aliphatic heterocycles. The van der Waals surface area contributed by atoms with E-state index in [1.807, 2.05) is 18.2 Å². The summed E-state index contributed by atoms with van der Waals surface area (Å²) < 4.78 is 11.7. The van der Waals surface area contributed by atoms with Gasteiger partial charge in [0.2, 0.25) is 5.91 Å². The lowest BCUT2D eigenvalue weighted by atomic mass is 9.85. The number of nitrogens with two attached hydrogens (primary N) is 1. The van der Waals surface area contributed by atoms with Crippen LogP contribution < -0.4 is 20.5 Å². The molecule has 0 aromatic heterocycles. The summed E-state index contributed by atoms with van der Waals surface area (Å²) in [6.45, 7) is 0.462. The highest BCUT2D eigenvalue weighted by molar-refractivity contribution is 5.85. The van der Waals surface area contributed by atoms with Crippen molar-refractivity contribution in [2.45, 2.75) is 70.1 Å². The van der Waals surface area contributed by atoms with Crippen LogP contribution in [-0.4, -0.2) is 25.2 Å². The van der Waals surface area contributed by atoms with E-state index in [0.29, 0.717) is 6.54 Å². The number of amides is 1. The molecule has 3 rings (SSSR count). The van der Waals surface area contributed by atoms with Crippen molar-refractivity contribution in [2.75, 3.05) is 7.11 Å². The molecule has 2 atom stereocenters. The van der Waals surface area contributed by atoms with Crippen LogP contribution >= 0.6 is 12.4 Å². The highest BCUT2D eigenvalue weighted by Gasteiger charge is 2.26. The van der Waals surface area contributed by atoms with Gasteiger partial charge in [-0.25, -0.2) is 0 Å². The van der Waals surface area contributed by atoms with Crippen molar-refractivity contribution in [3.8, 4) is 11.5 Å². The minimum Gasteiger partial charge on any atom is -0.493 e. The summed E-state index contributed by atoms with van der Waals surface area (Å²) in [7, 11) is 1.66. The number of carbonyl (C=O) groups excluding carboxylic acids is 1. The molecule has 2 saturated carbocycles. The minimum atomic E-state index is 0. The highest BCUT2D eigenvalue weighted by Crippen LogP contribution is 2.35. The molecule has 0 bridgehead atoms. The first-order chi connectivity index (χ1) is 12.2. The van der Waals surface area contributed by atoms with Crippen LogP contribution in [0.5, 0.6) is 11.5 Å². The zero-order chi connectivity index (χ0) is 17.6. The molecule has 0 heterocycles. The summed E-state index contributed by atoms with van der Waals surface area (Å²) in [5.41, 5.74) is 6.98. The maximum atomic E-state index is 12.5. The van der Waals surface area contributed by atoms with Crippen molar-refractivity contribution >= 4 is 18.3 Å². The molecule has 1 amide bonds. The fraction of sp³-hybridized carbons (Fsp3) is 0.650. The van der Waals surface area contributed by atoms with Gasteiger partial charge in [-0.3, -0.25) is 4.79 Å². The molecule has 0 radical (unpaired) electrons. The van der Waals surface area contributed by atoms with E-state index in [4.69, 9.17) is 15.2 Å². The molecule has 6 heteroatoms. The van der Waals surface area contributed by atoms with Crippen molar-refractivity contribution in [1.82, 2.24) is 5.32 Å². The van der Waals surface area contributed by atoms with Crippen LogP contribution in [-0.2, 0) is 11.3 Å². The molecular weight excluding hydrogens is 352 g/mol. The molecule has 1 aromatic rings. The summed E-state index contributed by atoms with van der Waals surface area (Å²) in [5.74, 6) is 1.65. The second-order valence-electron chi connectivity index (χ2n) is 7.31. The van der Waals surface area contributed by atoms with Crippen LogP contribution in [0.15, 0.2) is 18.2 Å². The van der Waals surface area contributed by atoms with E-state index in [1.165, 1.54) is 12.8 Å². The molecule has 2 fully saturated rings. The lowest BCUT2D eigenvalue weighted by Crippen LogP contribution is -2.37. The number of nitrogens with one attached hydrogen (secondary N) is 1. The zero-order valence-corrected chi connectivity index (χ0v) is 16.4. The molecule has 5 nitrogen and oxygen atoms in total. The van der Waals surface area contributed by atoms with Crippen LogP contribution in [0.2, 0.25) is 0 Å². The maximum absolute atomic E-state index is 12.5. The second kappa shape index (κ2) is 10.0. The van der Waals surface area contributed by atoms with Crippen LogP contribution in [0, 0.1) is 5.92 Å². The highest BCUT2D eigenvalue weighted by atomic mass is 35.5. The van der Waals surface area contributed by atoms with E-state index >= 15 is 0 Å². The number of hydrogen-bond donors (Lipinski definition) is 2. The smallest absolute Gasteiger partial charge is 0.223 e. The first-order valence-electron chi connectivity index (χ1n) is 9.53. The van der Waals surface area contributed by atoms with E-state index in [-0.39, 0.29) is 36.4 Å². The summed E-state index contributed by atoms with van der Waals surface area (Å²) in [6.07, 6.45) is 8.64. The molecule has 2 unspecified atom stereocenters. The Morgan fingerprint density at radius 3 is 2.65 bits per heavy atom. The Bertz CT molecular complexity index is 590. The van der Waals surface area contributed by atoms with Crippen molar-refractivity contribution in [2.24, 2.45) is 11.7 Å². The SMILES string of the molecule is COc1cccc(CNC(=O)C2CCCC(N)C2)c1OC1CCCC1.Cl. The van der Waals surface area contributed by atoms with Crippen LogP contribution in [0.3, 0.4) is 0 Å². The summed E-state index contributed by atoms with van der Waals surface area (Å²) in [4.78, 5) is 12.5. The van der Waals surface area contributed by atoms with Gasteiger partial charge in [0.25, 0.3) is 0 Å². The van der Waals surface area contributed by atoms with Gasteiger partial charge in [0.05, 0.1) is 13.2 Å². The predicted octanol–water partition coefficient (Wildman–Crippen LogP) is 3.57. The zero-order valence-electron chi connectivity index (χ0n) is 15.5. The topological polar surface area (TPSA) is 73.6 Å². The number of rotatable bonds is 6. The fourth-order valence-electron chi connectivity index (χ4n) is 3.96. The van der Waals surface area contributed by atoms with Gasteiger partial charge in [-0.15, -0.1) is 12.4 Å². The molecule has 146 valence electrons. The molecule has 26 heavy (non-hydrogen) atoms. The number of benzene rings is 1. The number of ether oxygens (including phenoxy) is 2. The lowest BCUT2D eigenvalue weighted by molar-refractivity contribution is -0.126. The fourth-order valence-corrected chi connectivity index (χ4v) is 3.96. The standard InChI is InChI=1S/C20H30N2O3.ClH/c1-24-18-11-5-7-15(19(18)25-17-9-2-3-10-17)13-22-20(23)14-6-4-8-16(21)12-14;/h5,7,11,14,16-17H,2-4,6,8-10,12-13,21H2,1H3,(H,22,23);1H. The predicted molar refractivity (Wildman–Crippen MR) is 105 cm³/mol. The van der Waals surface area contributed by atoms with Gasteiger partial charge in [-0.1, -0.05) is 18.6 Å². The van der Waals surface area contributed by atoms with Gasteiger partial charge in [0, 0.05) is 24.1 Å². The van der Waals surface area contributed by atoms with Gasteiger partial charge in [-0.05, 0) is 51.0 Å². The van der Waals surface area contributed by atoms with Gasteiger partial charge < -0.3 is 20.5 Å². The summed E-state index contributed by atoms with van der Waals surface area (Å²) in [6, 6.07) is 6.01. The number of para-hydroxylation sites is 1. The molecule has 3 N–H and O–H groups in total. The van der Waals surface area contributed by atoms with Crippen molar-refractivity contribution < 1.29 is 14.3 Å². The van der Waals surface area contributed by atoms with E-state index in [1.54, 1.807) is 7.11 Å². The molecule has 0 saturated heterocycles. The number of hydrogen-bond acceptors (Lipinski definition) is 4. The molecule has 2 aliphatic rings. The molecular formula is C20H31ClN2O3. The van der Waals surface area contributed by atoms with Crippen LogP contribution in [0.25, 0.3) is 0 Å². The normalized spacial score (nSPS) is 23.2. The number of methoxy groups -OCH3 is 1. The molecule has 0 spiro atoms. The van der Waals surface area contributed by atoms with Crippen molar-refractivity contribution in [3.63, 3.8) is 0 Å². The average Bonchev–Trinajstić information content (AvgIpc) is 3.13. The average molecular weight is 383 g/mol. The monoisotopic (exact) mass is 382 g/mol. The Morgan fingerprint density at radius 1 is 1.19 bits per heavy atom. The first kappa shape index (κ1) is 20.8. The van der Waals surface area contributed by atoms with Crippen molar-refractivity contribution in [1.29, 1.82) is 0 Å². The Kier molecular flexibility index (Phi) is 8.04. The molecule has 2 aliphatic carbocycles. The van der Waals surface area contributed by atoms with Crippen LogP contribution in [0.4, 0.5) is 0 Å². The van der Waals surface area contributed by atoms with E-state index < -0.39 is 0 Å². The van der Waals surface area contributed by atoms with Crippen molar-refractivity contribution in [3.05, 3.63) is 23.8 Å². The number of halogens is 1. The third-order valence-electron chi connectivity index (χ3n) is 5.41. The Labute approximate surface area is 162 Å². The second-order valence-corrected chi connectivity index (χ2v) is 7.31. The molecule has 1 aromatic carbocycles.